The second-order valence-electron chi connectivity index (χ2n) is 5.34. The maximum absolute atomic E-state index is 5.14. The molecule has 1 aromatic heterocycles. The van der Waals surface area contributed by atoms with E-state index in [2.05, 4.69) is 43.6 Å². The lowest BCUT2D eigenvalue weighted by molar-refractivity contribution is 0.190. The first kappa shape index (κ1) is 16.5. The van der Waals surface area contributed by atoms with Gasteiger partial charge in [0.05, 0.1) is 0 Å². The number of aryl methyl sites for hydroxylation is 1. The number of aromatic nitrogens is 1. The zero-order valence-corrected chi connectivity index (χ0v) is 14.4. The van der Waals surface area contributed by atoms with Crippen molar-refractivity contribution in [3.63, 3.8) is 0 Å². The Balaban J connectivity index is 2.23. The fourth-order valence-corrected chi connectivity index (χ4v) is 2.81. The molecule has 1 heterocycles. The van der Waals surface area contributed by atoms with Gasteiger partial charge in [-0.05, 0) is 31.7 Å². The van der Waals surface area contributed by atoms with Crippen molar-refractivity contribution >= 4 is 32.4 Å². The number of methoxy groups -OCH3 is 1. The van der Waals surface area contributed by atoms with E-state index in [1.165, 1.54) is 18.4 Å². The van der Waals surface area contributed by atoms with Crippen LogP contribution in [-0.4, -0.2) is 30.5 Å². The van der Waals surface area contributed by atoms with Crippen LogP contribution in [0.2, 0.25) is 0 Å². The number of hydrogen-bond donors (Lipinski definition) is 1. The zero-order chi connectivity index (χ0) is 15.2. The van der Waals surface area contributed by atoms with Gasteiger partial charge in [-0.15, -0.1) is 0 Å². The molecular weight excluding hydrogens is 330 g/mol. The van der Waals surface area contributed by atoms with Gasteiger partial charge in [-0.3, -0.25) is 0 Å². The Morgan fingerprint density at radius 1 is 1.62 bits per heavy atom. The van der Waals surface area contributed by atoms with E-state index in [9.17, 15) is 0 Å². The van der Waals surface area contributed by atoms with Crippen LogP contribution in [-0.2, 0) is 17.8 Å². The van der Waals surface area contributed by atoms with Crippen molar-refractivity contribution in [2.24, 2.45) is 4.99 Å². The van der Waals surface area contributed by atoms with E-state index in [-0.39, 0.29) is 0 Å². The van der Waals surface area contributed by atoms with Crippen LogP contribution in [0.3, 0.4) is 0 Å². The quantitative estimate of drug-likeness (QED) is 0.540. The Kier molecular flexibility index (Phi) is 6.21. The van der Waals surface area contributed by atoms with Crippen molar-refractivity contribution in [3.8, 4) is 0 Å². The van der Waals surface area contributed by atoms with Gasteiger partial charge in [0.25, 0.3) is 0 Å². The maximum Gasteiger partial charge on any atom is 0.140 e. The molecule has 0 unspecified atom stereocenters. The minimum absolute atomic E-state index is 0.691. The monoisotopic (exact) mass is 353 g/mol. The van der Waals surface area contributed by atoms with E-state index in [0.29, 0.717) is 6.04 Å². The summed E-state index contributed by atoms with van der Waals surface area (Å²) in [6.45, 7) is 8.53. The average molecular weight is 354 g/mol. The highest BCUT2D eigenvalue weighted by atomic mass is 79.9. The maximum atomic E-state index is 5.14. The first-order chi connectivity index (χ1) is 10.2. The number of halogens is 1. The highest BCUT2D eigenvalue weighted by molar-refractivity contribution is 9.15. The molecule has 4 nitrogen and oxygen atoms in total. The summed E-state index contributed by atoms with van der Waals surface area (Å²) in [4.78, 5) is 4.55. The first-order valence-electron chi connectivity index (χ1n) is 7.45. The highest BCUT2D eigenvalue weighted by Crippen LogP contribution is 2.35. The van der Waals surface area contributed by atoms with Crippen LogP contribution in [0.15, 0.2) is 17.8 Å². The SMILES string of the molecule is C=C(Br)c1c(CNC2CC2)cn(CCCOC)c1/N=C\C. The van der Waals surface area contributed by atoms with E-state index >= 15 is 0 Å². The van der Waals surface area contributed by atoms with Crippen LogP contribution in [0, 0.1) is 0 Å². The molecule has 0 aliphatic heterocycles. The summed E-state index contributed by atoms with van der Waals surface area (Å²) in [5.41, 5.74) is 2.36. The fourth-order valence-electron chi connectivity index (χ4n) is 2.38. The molecule has 116 valence electrons. The van der Waals surface area contributed by atoms with Crippen molar-refractivity contribution in [2.45, 2.75) is 45.3 Å². The highest BCUT2D eigenvalue weighted by Gasteiger charge is 2.22. The number of aliphatic imine (C=N–C) groups is 1. The smallest absolute Gasteiger partial charge is 0.140 e. The molecule has 0 amide bonds. The van der Waals surface area contributed by atoms with Crippen molar-refractivity contribution in [1.82, 2.24) is 9.88 Å². The number of hydrogen-bond acceptors (Lipinski definition) is 3. The predicted octanol–water partition coefficient (Wildman–Crippen LogP) is 3.86. The van der Waals surface area contributed by atoms with Crippen LogP contribution in [0.5, 0.6) is 0 Å². The van der Waals surface area contributed by atoms with E-state index in [4.69, 9.17) is 4.74 Å². The minimum atomic E-state index is 0.691. The summed E-state index contributed by atoms with van der Waals surface area (Å²) in [7, 11) is 1.73. The predicted molar refractivity (Wildman–Crippen MR) is 92.6 cm³/mol. The first-order valence-corrected chi connectivity index (χ1v) is 8.24. The summed E-state index contributed by atoms with van der Waals surface area (Å²) in [5, 5.41) is 3.57. The summed E-state index contributed by atoms with van der Waals surface area (Å²) in [6, 6.07) is 0.691. The van der Waals surface area contributed by atoms with Crippen molar-refractivity contribution in [2.75, 3.05) is 13.7 Å². The number of rotatable bonds is 9. The molecule has 1 aliphatic rings. The van der Waals surface area contributed by atoms with Crippen molar-refractivity contribution < 1.29 is 4.74 Å². The second-order valence-corrected chi connectivity index (χ2v) is 6.30. The number of nitrogens with one attached hydrogen (secondary N) is 1. The number of nitrogens with zero attached hydrogens (tertiary/aromatic N) is 2. The third-order valence-corrected chi connectivity index (χ3v) is 3.95. The third kappa shape index (κ3) is 4.53. The molecule has 1 aliphatic carbocycles. The summed E-state index contributed by atoms with van der Waals surface area (Å²) in [5.74, 6) is 0.975. The van der Waals surface area contributed by atoms with Gasteiger partial charge < -0.3 is 14.6 Å². The second kappa shape index (κ2) is 7.92. The topological polar surface area (TPSA) is 38.5 Å². The Hall–Kier alpha value is -0.910. The molecular formula is C16H24BrN3O. The molecule has 0 radical (unpaired) electrons. The van der Waals surface area contributed by atoms with Crippen LogP contribution >= 0.6 is 15.9 Å². The normalized spacial score (nSPS) is 15.0. The molecule has 2 rings (SSSR count). The Morgan fingerprint density at radius 2 is 2.38 bits per heavy atom. The molecule has 0 atom stereocenters. The van der Waals surface area contributed by atoms with Gasteiger partial charge in [0.1, 0.15) is 5.82 Å². The largest absolute Gasteiger partial charge is 0.385 e. The molecule has 0 aromatic carbocycles. The van der Waals surface area contributed by atoms with Gasteiger partial charge in [0.2, 0.25) is 0 Å². The van der Waals surface area contributed by atoms with Gasteiger partial charge in [-0.2, -0.15) is 0 Å². The van der Waals surface area contributed by atoms with E-state index in [1.807, 2.05) is 13.1 Å². The van der Waals surface area contributed by atoms with E-state index in [0.717, 1.165) is 42.0 Å². The molecule has 0 saturated heterocycles. The molecule has 5 heteroatoms. The molecule has 21 heavy (non-hydrogen) atoms. The zero-order valence-electron chi connectivity index (χ0n) is 12.9. The number of ether oxygens (including phenoxy) is 1. The van der Waals surface area contributed by atoms with Gasteiger partial charge in [-0.25, -0.2) is 4.99 Å². The molecule has 0 spiro atoms. The average Bonchev–Trinajstić information content (AvgIpc) is 3.21. The van der Waals surface area contributed by atoms with Gasteiger partial charge >= 0.3 is 0 Å². The van der Waals surface area contributed by atoms with Crippen molar-refractivity contribution in [1.29, 1.82) is 0 Å². The van der Waals surface area contributed by atoms with Crippen LogP contribution in [0.1, 0.15) is 37.3 Å². The van der Waals surface area contributed by atoms with Gasteiger partial charge in [0.15, 0.2) is 0 Å². The molecule has 1 fully saturated rings. The molecule has 0 bridgehead atoms. The van der Waals surface area contributed by atoms with E-state index < -0.39 is 0 Å². The Morgan fingerprint density at radius 3 is 2.95 bits per heavy atom. The lowest BCUT2D eigenvalue weighted by Crippen LogP contribution is -2.15. The lowest BCUT2D eigenvalue weighted by atomic mass is 10.2. The molecule has 1 saturated carbocycles. The Bertz CT molecular complexity index is 518. The third-order valence-electron chi connectivity index (χ3n) is 3.56. The molecule has 1 aromatic rings. The van der Waals surface area contributed by atoms with Crippen molar-refractivity contribution in [3.05, 3.63) is 23.9 Å². The van der Waals surface area contributed by atoms with Gasteiger partial charge in [0, 0.05) is 55.3 Å². The van der Waals surface area contributed by atoms with Gasteiger partial charge in [-0.1, -0.05) is 22.5 Å². The lowest BCUT2D eigenvalue weighted by Gasteiger charge is -2.07. The minimum Gasteiger partial charge on any atom is -0.385 e. The standard InChI is InChI=1S/C16H24BrN3O/c1-4-18-16-15(12(2)17)13(10-19-14-6-7-14)11-20(16)8-5-9-21-3/h4,11,14,19H,2,5-10H2,1,3H3/b18-4-. The summed E-state index contributed by atoms with van der Waals surface area (Å²) in [6.07, 6.45) is 7.58. The van der Waals surface area contributed by atoms with Crippen LogP contribution in [0.25, 0.3) is 4.48 Å². The summed E-state index contributed by atoms with van der Waals surface area (Å²) < 4.78 is 8.23. The van der Waals surface area contributed by atoms with Crippen LogP contribution < -0.4 is 5.32 Å². The van der Waals surface area contributed by atoms with Crippen LogP contribution in [0.4, 0.5) is 5.82 Å². The fraction of sp³-hybridized carbons (Fsp3) is 0.562. The van der Waals surface area contributed by atoms with E-state index in [1.54, 1.807) is 7.11 Å². The Labute approximate surface area is 135 Å². The molecule has 1 N–H and O–H groups in total. The summed E-state index contributed by atoms with van der Waals surface area (Å²) >= 11 is 3.54.